The zero-order valence-corrected chi connectivity index (χ0v) is 11.3. The second-order valence-electron chi connectivity index (χ2n) is 4.81. The monoisotopic (exact) mass is 278 g/mol. The van der Waals surface area contributed by atoms with Crippen LogP contribution in [0.15, 0.2) is 24.3 Å². The van der Waals surface area contributed by atoms with Gasteiger partial charge in [0.05, 0.1) is 11.3 Å². The zero-order chi connectivity index (χ0) is 15.3. The van der Waals surface area contributed by atoms with Crippen molar-refractivity contribution in [3.63, 3.8) is 0 Å². The lowest BCUT2D eigenvalue weighted by Crippen LogP contribution is -2.53. The molecule has 0 aliphatic rings. The van der Waals surface area contributed by atoms with E-state index < -0.39 is 22.3 Å². The standard InChI is InChI=1S/C13H16N3O4/c1-13(2,12(14)18)15-11(17)8-5-9-3-6-10(7-4-9)16(19)20/h3-4,6-8H,5H2,1-2H3,(H2,14,18)(H,15,17). The van der Waals surface area contributed by atoms with E-state index in [4.69, 9.17) is 5.73 Å². The second-order valence-corrected chi connectivity index (χ2v) is 4.81. The number of nitrogens with zero attached hydrogens (tertiary/aromatic N) is 1. The first-order chi connectivity index (χ1) is 9.22. The number of amides is 2. The Morgan fingerprint density at radius 2 is 1.90 bits per heavy atom. The molecule has 107 valence electrons. The summed E-state index contributed by atoms with van der Waals surface area (Å²) < 4.78 is 0. The summed E-state index contributed by atoms with van der Waals surface area (Å²) in [6, 6.07) is 5.88. The minimum absolute atomic E-state index is 0.00642. The van der Waals surface area contributed by atoms with Crippen molar-refractivity contribution in [1.29, 1.82) is 0 Å². The van der Waals surface area contributed by atoms with Gasteiger partial charge in [-0.2, -0.15) is 0 Å². The van der Waals surface area contributed by atoms with E-state index in [1.165, 1.54) is 32.4 Å². The maximum atomic E-state index is 11.6. The fourth-order valence-electron chi connectivity index (χ4n) is 1.38. The summed E-state index contributed by atoms with van der Waals surface area (Å²) in [7, 11) is 0. The Morgan fingerprint density at radius 1 is 1.35 bits per heavy atom. The van der Waals surface area contributed by atoms with Crippen LogP contribution in [-0.2, 0) is 16.0 Å². The van der Waals surface area contributed by atoms with Gasteiger partial charge in [-0.05, 0) is 25.8 Å². The van der Waals surface area contributed by atoms with E-state index in [9.17, 15) is 19.7 Å². The van der Waals surface area contributed by atoms with E-state index in [0.717, 1.165) is 5.56 Å². The van der Waals surface area contributed by atoms with E-state index in [1.54, 1.807) is 12.1 Å². The van der Waals surface area contributed by atoms with Crippen LogP contribution < -0.4 is 11.1 Å². The first kappa shape index (κ1) is 15.6. The summed E-state index contributed by atoms with van der Waals surface area (Å²) in [4.78, 5) is 32.7. The lowest BCUT2D eigenvalue weighted by atomic mass is 10.0. The van der Waals surface area contributed by atoms with Gasteiger partial charge in [-0.25, -0.2) is 0 Å². The highest BCUT2D eigenvalue weighted by atomic mass is 16.6. The number of nitro benzene ring substituents is 1. The Hall–Kier alpha value is -2.44. The van der Waals surface area contributed by atoms with Crippen molar-refractivity contribution in [2.24, 2.45) is 5.73 Å². The normalized spacial score (nSPS) is 10.9. The predicted molar refractivity (Wildman–Crippen MR) is 72.5 cm³/mol. The van der Waals surface area contributed by atoms with Crippen molar-refractivity contribution in [1.82, 2.24) is 5.32 Å². The molecular weight excluding hydrogens is 262 g/mol. The SMILES string of the molecule is CC(C)(NC(=O)[CH]Cc1ccc([N+](=O)[O-])cc1)C(N)=O. The summed E-state index contributed by atoms with van der Waals surface area (Å²) in [5.41, 5.74) is 4.76. The van der Waals surface area contributed by atoms with Gasteiger partial charge >= 0.3 is 0 Å². The van der Waals surface area contributed by atoms with Gasteiger partial charge in [-0.1, -0.05) is 12.1 Å². The molecule has 0 heterocycles. The highest BCUT2D eigenvalue weighted by molar-refractivity contribution is 5.92. The molecule has 7 nitrogen and oxygen atoms in total. The number of non-ortho nitro benzene ring substituents is 1. The molecule has 1 rings (SSSR count). The Kier molecular flexibility index (Phi) is 4.79. The molecule has 0 saturated heterocycles. The molecule has 7 heteroatoms. The van der Waals surface area contributed by atoms with Crippen molar-refractivity contribution >= 4 is 17.5 Å². The van der Waals surface area contributed by atoms with Crippen LogP contribution in [0.4, 0.5) is 5.69 Å². The van der Waals surface area contributed by atoms with Gasteiger partial charge in [0, 0.05) is 12.1 Å². The molecular formula is C13H16N3O4. The summed E-state index contributed by atoms with van der Waals surface area (Å²) in [6.07, 6.45) is 1.66. The number of nitrogens with two attached hydrogens (primary N) is 1. The van der Waals surface area contributed by atoms with Gasteiger partial charge in [0.2, 0.25) is 11.8 Å². The molecule has 1 aromatic carbocycles. The zero-order valence-electron chi connectivity index (χ0n) is 11.3. The van der Waals surface area contributed by atoms with Crippen LogP contribution >= 0.6 is 0 Å². The second kappa shape index (κ2) is 6.14. The number of primary amides is 1. The molecule has 1 radical (unpaired) electrons. The van der Waals surface area contributed by atoms with Gasteiger partial charge in [0.25, 0.3) is 5.69 Å². The quantitative estimate of drug-likeness (QED) is 0.589. The molecule has 1 aromatic rings. The van der Waals surface area contributed by atoms with Gasteiger partial charge in [-0.3, -0.25) is 19.7 Å². The fraction of sp³-hybridized carbons (Fsp3) is 0.308. The van der Waals surface area contributed by atoms with Crippen LogP contribution in [0.3, 0.4) is 0 Å². The molecule has 0 aliphatic heterocycles. The molecule has 0 atom stereocenters. The summed E-state index contributed by atoms with van der Waals surface area (Å²) in [5.74, 6) is -1.05. The number of carbonyl (C=O) groups is 2. The first-order valence-corrected chi connectivity index (χ1v) is 5.91. The maximum absolute atomic E-state index is 11.6. The molecule has 2 amide bonds. The summed E-state index contributed by atoms with van der Waals surface area (Å²) in [6.45, 7) is 3.01. The Bertz CT molecular complexity index is 523. The number of nitrogens with one attached hydrogen (secondary N) is 1. The molecule has 3 N–H and O–H groups in total. The lowest BCUT2D eigenvalue weighted by molar-refractivity contribution is -0.384. The van der Waals surface area contributed by atoms with Crippen LogP contribution in [-0.4, -0.2) is 22.3 Å². The summed E-state index contributed by atoms with van der Waals surface area (Å²) >= 11 is 0. The van der Waals surface area contributed by atoms with Crippen LogP contribution in [0.1, 0.15) is 19.4 Å². The largest absolute Gasteiger partial charge is 0.368 e. The average Bonchev–Trinajstić information content (AvgIpc) is 2.36. The molecule has 0 bridgehead atoms. The topological polar surface area (TPSA) is 115 Å². The van der Waals surface area contributed by atoms with E-state index >= 15 is 0 Å². The van der Waals surface area contributed by atoms with Crippen LogP contribution in [0.5, 0.6) is 0 Å². The van der Waals surface area contributed by atoms with Crippen LogP contribution in [0.2, 0.25) is 0 Å². The third-order valence-electron chi connectivity index (χ3n) is 2.72. The van der Waals surface area contributed by atoms with E-state index in [2.05, 4.69) is 5.32 Å². The van der Waals surface area contributed by atoms with Crippen LogP contribution in [0, 0.1) is 16.5 Å². The van der Waals surface area contributed by atoms with Gasteiger partial charge < -0.3 is 11.1 Å². The smallest absolute Gasteiger partial charge is 0.269 e. The highest BCUT2D eigenvalue weighted by Gasteiger charge is 2.26. The average molecular weight is 278 g/mol. The third-order valence-corrected chi connectivity index (χ3v) is 2.72. The molecule has 0 aromatic heterocycles. The predicted octanol–water partition coefficient (Wildman–Crippen LogP) is 0.722. The van der Waals surface area contributed by atoms with E-state index in [1.807, 2.05) is 0 Å². The molecule has 20 heavy (non-hydrogen) atoms. The lowest BCUT2D eigenvalue weighted by Gasteiger charge is -2.22. The van der Waals surface area contributed by atoms with Gasteiger partial charge in [-0.15, -0.1) is 0 Å². The fourth-order valence-corrected chi connectivity index (χ4v) is 1.38. The van der Waals surface area contributed by atoms with Crippen LogP contribution in [0.25, 0.3) is 0 Å². The Balaban J connectivity index is 2.53. The number of nitro groups is 1. The number of hydrogen-bond acceptors (Lipinski definition) is 4. The molecule has 0 spiro atoms. The number of hydrogen-bond donors (Lipinski definition) is 2. The van der Waals surface area contributed by atoms with Crippen molar-refractivity contribution in [3.8, 4) is 0 Å². The molecule has 0 unspecified atom stereocenters. The molecule has 0 aliphatic carbocycles. The molecule has 0 fully saturated rings. The minimum atomic E-state index is -1.12. The highest BCUT2D eigenvalue weighted by Crippen LogP contribution is 2.13. The Labute approximate surface area is 116 Å². The molecule has 0 saturated carbocycles. The van der Waals surface area contributed by atoms with Crippen molar-refractivity contribution in [2.45, 2.75) is 25.8 Å². The number of carbonyl (C=O) groups excluding carboxylic acids is 2. The summed E-state index contributed by atoms with van der Waals surface area (Å²) in [5, 5.41) is 13.0. The Morgan fingerprint density at radius 3 is 2.35 bits per heavy atom. The number of rotatable bonds is 6. The van der Waals surface area contributed by atoms with E-state index in [0.29, 0.717) is 6.42 Å². The van der Waals surface area contributed by atoms with Gasteiger partial charge in [0.1, 0.15) is 5.54 Å². The number of benzene rings is 1. The van der Waals surface area contributed by atoms with Crippen molar-refractivity contribution < 1.29 is 14.5 Å². The van der Waals surface area contributed by atoms with Crippen molar-refractivity contribution in [2.75, 3.05) is 0 Å². The minimum Gasteiger partial charge on any atom is -0.368 e. The first-order valence-electron chi connectivity index (χ1n) is 5.91. The van der Waals surface area contributed by atoms with E-state index in [-0.39, 0.29) is 5.69 Å². The third kappa shape index (κ3) is 4.34. The maximum Gasteiger partial charge on any atom is 0.269 e. The van der Waals surface area contributed by atoms with Gasteiger partial charge in [0.15, 0.2) is 0 Å². The van der Waals surface area contributed by atoms with Crippen molar-refractivity contribution in [3.05, 3.63) is 46.4 Å².